The molecular weight excluding hydrogens is 386 g/mol. The van der Waals surface area contributed by atoms with E-state index in [0.717, 1.165) is 31.2 Å². The summed E-state index contributed by atoms with van der Waals surface area (Å²) in [6.45, 7) is 0.526. The van der Waals surface area contributed by atoms with E-state index >= 15 is 0 Å². The van der Waals surface area contributed by atoms with Crippen LogP contribution in [0.25, 0.3) is 0 Å². The number of carbonyl (C=O) groups is 2. The molecule has 1 aliphatic heterocycles. The van der Waals surface area contributed by atoms with Crippen LogP contribution in [0, 0.1) is 0 Å². The lowest BCUT2D eigenvalue weighted by Gasteiger charge is -2.23. The second-order valence-corrected chi connectivity index (χ2v) is 8.32. The largest absolute Gasteiger partial charge is 0.388 e. The average molecular weight is 420 g/mol. The Kier molecular flexibility index (Phi) is 8.07. The minimum Gasteiger partial charge on any atom is -0.388 e. The number of hydrogen-bond donors (Lipinski definition) is 4. The first-order valence-corrected chi connectivity index (χ1v) is 10.8. The number of aliphatic hydroxyl groups is 2. The van der Waals surface area contributed by atoms with Gasteiger partial charge in [0.2, 0.25) is 5.91 Å². The van der Waals surface area contributed by atoms with Crippen molar-refractivity contribution in [3.05, 3.63) is 35.9 Å². The van der Waals surface area contributed by atoms with Crippen molar-refractivity contribution in [2.75, 3.05) is 13.6 Å². The summed E-state index contributed by atoms with van der Waals surface area (Å²) in [5, 5.41) is 26.2. The van der Waals surface area contributed by atoms with Crippen LogP contribution in [0.15, 0.2) is 30.3 Å². The van der Waals surface area contributed by atoms with E-state index in [1.54, 1.807) is 11.9 Å². The van der Waals surface area contributed by atoms with Gasteiger partial charge in [-0.15, -0.1) is 0 Å². The first-order valence-electron chi connectivity index (χ1n) is 10.8. The minimum absolute atomic E-state index is 0.0354. The Bertz CT molecular complexity index is 695. The molecular formula is C22H33N3O5. The quantitative estimate of drug-likeness (QED) is 0.530. The summed E-state index contributed by atoms with van der Waals surface area (Å²) in [7, 11) is 1.70. The van der Waals surface area contributed by atoms with Crippen LogP contribution in [0.5, 0.6) is 0 Å². The molecule has 166 valence electrons. The molecule has 3 rings (SSSR count). The Morgan fingerprint density at radius 3 is 2.43 bits per heavy atom. The molecule has 30 heavy (non-hydrogen) atoms. The first-order chi connectivity index (χ1) is 14.4. The third-order valence-corrected chi connectivity index (χ3v) is 5.93. The van der Waals surface area contributed by atoms with Crippen molar-refractivity contribution >= 4 is 11.9 Å². The number of amides is 3. The molecule has 1 saturated heterocycles. The Hall–Kier alpha value is -2.16. The number of hydrogen-bond acceptors (Lipinski definition) is 5. The van der Waals surface area contributed by atoms with Gasteiger partial charge >= 0.3 is 6.03 Å². The van der Waals surface area contributed by atoms with E-state index in [1.807, 2.05) is 30.3 Å². The zero-order valence-electron chi connectivity index (χ0n) is 17.5. The van der Waals surface area contributed by atoms with Gasteiger partial charge in [0.1, 0.15) is 18.3 Å². The average Bonchev–Trinajstić information content (AvgIpc) is 3.01. The van der Waals surface area contributed by atoms with Crippen molar-refractivity contribution in [1.29, 1.82) is 0 Å². The van der Waals surface area contributed by atoms with E-state index in [-0.39, 0.29) is 30.9 Å². The van der Waals surface area contributed by atoms with Crippen molar-refractivity contribution < 1.29 is 24.5 Å². The molecule has 2 aliphatic rings. The van der Waals surface area contributed by atoms with Crippen LogP contribution in [0.4, 0.5) is 4.79 Å². The molecule has 8 nitrogen and oxygen atoms in total. The highest BCUT2D eigenvalue weighted by Gasteiger charge is 2.43. The molecule has 0 aromatic heterocycles. The lowest BCUT2D eigenvalue weighted by Crippen LogP contribution is -2.47. The third kappa shape index (κ3) is 6.17. The second-order valence-electron chi connectivity index (χ2n) is 8.32. The molecule has 1 aromatic carbocycles. The van der Waals surface area contributed by atoms with Crippen LogP contribution in [0.2, 0.25) is 0 Å². The van der Waals surface area contributed by atoms with Crippen molar-refractivity contribution in [2.45, 2.75) is 75.5 Å². The molecule has 0 radical (unpaired) electrons. The van der Waals surface area contributed by atoms with Crippen LogP contribution in [-0.2, 0) is 16.1 Å². The predicted octanol–water partition coefficient (Wildman–Crippen LogP) is 1.16. The summed E-state index contributed by atoms with van der Waals surface area (Å²) in [6, 6.07) is 9.51. The van der Waals surface area contributed by atoms with Gasteiger partial charge in [-0.1, -0.05) is 49.6 Å². The van der Waals surface area contributed by atoms with Gasteiger partial charge in [-0.25, -0.2) is 4.79 Å². The van der Waals surface area contributed by atoms with Gasteiger partial charge in [0.15, 0.2) is 0 Å². The Labute approximate surface area is 177 Å². The number of benzene rings is 1. The molecule has 1 aromatic rings. The molecule has 4 atom stereocenters. The summed E-state index contributed by atoms with van der Waals surface area (Å²) in [5.41, 5.74) is 1.01. The lowest BCUT2D eigenvalue weighted by molar-refractivity contribution is -0.134. The monoisotopic (exact) mass is 419 g/mol. The van der Waals surface area contributed by atoms with Gasteiger partial charge in [-0.3, -0.25) is 4.79 Å². The minimum atomic E-state index is -1.17. The standard InChI is InChI=1S/C22H33N3O5/c1-25(14-15-8-4-2-5-9-15)19(26)12-17-20(27)21(28)18(30-17)13-23-22(29)24-16-10-6-3-7-11-16/h2,4-5,8-9,16-18,20-21,27-28H,3,6-7,10-14H2,1H3,(H2,23,24,29). The van der Waals surface area contributed by atoms with Gasteiger partial charge in [-0.05, 0) is 18.4 Å². The smallest absolute Gasteiger partial charge is 0.315 e. The van der Waals surface area contributed by atoms with E-state index in [0.29, 0.717) is 6.54 Å². The van der Waals surface area contributed by atoms with Gasteiger partial charge in [0.05, 0.1) is 12.5 Å². The first kappa shape index (κ1) is 22.5. The van der Waals surface area contributed by atoms with Crippen molar-refractivity contribution in [3.8, 4) is 0 Å². The van der Waals surface area contributed by atoms with E-state index in [1.165, 1.54) is 6.42 Å². The number of urea groups is 1. The van der Waals surface area contributed by atoms with Crippen LogP contribution in [-0.4, -0.2) is 71.1 Å². The maximum atomic E-state index is 12.5. The summed E-state index contributed by atoms with van der Waals surface area (Å²) < 4.78 is 5.71. The summed E-state index contributed by atoms with van der Waals surface area (Å²) in [5.74, 6) is -0.182. The fourth-order valence-electron chi connectivity index (χ4n) is 4.11. The summed E-state index contributed by atoms with van der Waals surface area (Å²) in [6.07, 6.45) is 1.49. The molecule has 4 unspecified atom stereocenters. The van der Waals surface area contributed by atoms with E-state index in [2.05, 4.69) is 10.6 Å². The Morgan fingerprint density at radius 2 is 1.73 bits per heavy atom. The predicted molar refractivity (Wildman–Crippen MR) is 112 cm³/mol. The van der Waals surface area contributed by atoms with Gasteiger partial charge in [0.25, 0.3) is 0 Å². The SMILES string of the molecule is CN(Cc1ccccc1)C(=O)CC1OC(CNC(=O)NC2CCCCC2)C(O)C1O. The van der Waals surface area contributed by atoms with Crippen LogP contribution >= 0.6 is 0 Å². The van der Waals surface area contributed by atoms with E-state index < -0.39 is 24.4 Å². The van der Waals surface area contributed by atoms with Gasteiger partial charge in [0, 0.05) is 26.2 Å². The number of nitrogens with one attached hydrogen (secondary N) is 2. The molecule has 0 spiro atoms. The Morgan fingerprint density at radius 1 is 1.07 bits per heavy atom. The molecule has 1 aliphatic carbocycles. The molecule has 3 amide bonds. The van der Waals surface area contributed by atoms with Crippen LogP contribution in [0.1, 0.15) is 44.1 Å². The molecule has 8 heteroatoms. The van der Waals surface area contributed by atoms with Crippen molar-refractivity contribution in [3.63, 3.8) is 0 Å². The van der Waals surface area contributed by atoms with Gasteiger partial charge in [-0.2, -0.15) is 0 Å². The van der Waals surface area contributed by atoms with Crippen LogP contribution in [0.3, 0.4) is 0 Å². The van der Waals surface area contributed by atoms with Crippen LogP contribution < -0.4 is 10.6 Å². The number of carbonyl (C=O) groups excluding carboxylic acids is 2. The molecule has 1 saturated carbocycles. The van der Waals surface area contributed by atoms with Crippen molar-refractivity contribution in [2.24, 2.45) is 0 Å². The summed E-state index contributed by atoms with van der Waals surface area (Å²) >= 11 is 0. The maximum Gasteiger partial charge on any atom is 0.315 e. The zero-order chi connectivity index (χ0) is 21.5. The fraction of sp³-hybridized carbons (Fsp3) is 0.636. The maximum absolute atomic E-state index is 12.5. The second kappa shape index (κ2) is 10.7. The molecule has 0 bridgehead atoms. The number of aliphatic hydroxyl groups excluding tert-OH is 2. The van der Waals surface area contributed by atoms with Crippen molar-refractivity contribution in [1.82, 2.24) is 15.5 Å². The topological polar surface area (TPSA) is 111 Å². The molecule has 2 fully saturated rings. The molecule has 1 heterocycles. The van der Waals surface area contributed by atoms with Gasteiger partial charge < -0.3 is 30.5 Å². The fourth-order valence-corrected chi connectivity index (χ4v) is 4.11. The third-order valence-electron chi connectivity index (χ3n) is 5.93. The summed E-state index contributed by atoms with van der Waals surface area (Å²) in [4.78, 5) is 26.2. The molecule has 4 N–H and O–H groups in total. The van der Waals surface area contributed by atoms with E-state index in [9.17, 15) is 19.8 Å². The lowest BCUT2D eigenvalue weighted by atomic mass is 9.96. The Balaban J connectivity index is 1.43. The highest BCUT2D eigenvalue weighted by Crippen LogP contribution is 2.24. The highest BCUT2D eigenvalue weighted by atomic mass is 16.5. The number of rotatable bonds is 7. The zero-order valence-corrected chi connectivity index (χ0v) is 17.5. The number of nitrogens with zero attached hydrogens (tertiary/aromatic N) is 1. The number of ether oxygens (including phenoxy) is 1. The van der Waals surface area contributed by atoms with E-state index in [4.69, 9.17) is 4.74 Å². The highest BCUT2D eigenvalue weighted by molar-refractivity contribution is 5.76. The normalized spacial score (nSPS) is 26.9.